The van der Waals surface area contributed by atoms with Crippen LogP contribution in [0, 0.1) is 0 Å². The number of thiophene rings is 1. The molecule has 0 bridgehead atoms. The molecule has 2 heterocycles. The van der Waals surface area contributed by atoms with Gasteiger partial charge in [0, 0.05) is 17.3 Å². The van der Waals surface area contributed by atoms with Gasteiger partial charge in [-0.15, -0.1) is 11.3 Å². The number of nitrogens with one attached hydrogen (secondary N) is 2. The van der Waals surface area contributed by atoms with Crippen molar-refractivity contribution < 1.29 is 14.4 Å². The molecule has 0 radical (unpaired) electrons. The van der Waals surface area contributed by atoms with Crippen molar-refractivity contribution in [1.29, 1.82) is 0 Å². The van der Waals surface area contributed by atoms with Gasteiger partial charge >= 0.3 is 0 Å². The highest BCUT2D eigenvalue weighted by Gasteiger charge is 2.44. The summed E-state index contributed by atoms with van der Waals surface area (Å²) in [6, 6.07) is 3.58. The fourth-order valence-corrected chi connectivity index (χ4v) is 4.62. The molecule has 3 amide bonds. The molecule has 2 atom stereocenters. The van der Waals surface area contributed by atoms with Crippen LogP contribution < -0.4 is 10.6 Å². The van der Waals surface area contributed by atoms with Crippen LogP contribution in [0.5, 0.6) is 0 Å². The van der Waals surface area contributed by atoms with Gasteiger partial charge in [0.25, 0.3) is 0 Å². The lowest BCUT2D eigenvalue weighted by atomic mass is 9.92. The molecule has 2 aliphatic rings. The molecule has 1 aromatic heterocycles. The maximum atomic E-state index is 13.3. The van der Waals surface area contributed by atoms with Gasteiger partial charge in [-0.1, -0.05) is 25.8 Å². The number of nitrogens with zero attached hydrogens (tertiary/aromatic N) is 1. The minimum absolute atomic E-state index is 0.0915. The van der Waals surface area contributed by atoms with Crippen LogP contribution in [0.4, 0.5) is 0 Å². The third-order valence-electron chi connectivity index (χ3n) is 5.92. The van der Waals surface area contributed by atoms with Crippen LogP contribution in [0.1, 0.15) is 63.7 Å². The van der Waals surface area contributed by atoms with E-state index in [0.717, 1.165) is 30.6 Å². The van der Waals surface area contributed by atoms with Crippen molar-refractivity contribution in [3.05, 3.63) is 22.4 Å². The standard InChI is InChI=1S/C20H29N3O3S/c1-3-20(2,19(26)21-14-7-4-5-8-14)23(13-15-9-6-12-27-15)18(25)16-10-11-17(24)22-16/h6,9,12,14,16H,3-5,7-8,10-11,13H2,1-2H3,(H,21,26)(H,22,24)/t16-,20-/m1/s1. The van der Waals surface area contributed by atoms with Crippen molar-refractivity contribution >= 4 is 29.1 Å². The van der Waals surface area contributed by atoms with E-state index in [0.29, 0.717) is 25.8 Å². The molecule has 1 aliphatic carbocycles. The molecule has 0 aromatic carbocycles. The first kappa shape index (κ1) is 19.9. The lowest BCUT2D eigenvalue weighted by Gasteiger charge is -2.41. The average Bonchev–Trinajstić information content (AvgIpc) is 3.41. The van der Waals surface area contributed by atoms with E-state index in [-0.39, 0.29) is 23.8 Å². The first-order chi connectivity index (χ1) is 12.9. The Bertz CT molecular complexity index is 685. The number of amides is 3. The highest BCUT2D eigenvalue weighted by atomic mass is 32.1. The highest BCUT2D eigenvalue weighted by Crippen LogP contribution is 2.28. The van der Waals surface area contributed by atoms with Crippen molar-refractivity contribution in [2.75, 3.05) is 0 Å². The summed E-state index contributed by atoms with van der Waals surface area (Å²) in [6.45, 7) is 4.17. The average molecular weight is 392 g/mol. The molecule has 148 valence electrons. The van der Waals surface area contributed by atoms with Gasteiger partial charge in [-0.2, -0.15) is 0 Å². The monoisotopic (exact) mass is 391 g/mol. The summed E-state index contributed by atoms with van der Waals surface area (Å²) in [6.07, 6.45) is 5.65. The van der Waals surface area contributed by atoms with Gasteiger partial charge in [0.2, 0.25) is 17.7 Å². The molecular formula is C20H29N3O3S. The molecule has 0 unspecified atom stereocenters. The van der Waals surface area contributed by atoms with Crippen molar-refractivity contribution in [2.24, 2.45) is 0 Å². The summed E-state index contributed by atoms with van der Waals surface area (Å²) in [5.41, 5.74) is -0.947. The Hall–Kier alpha value is -1.89. The summed E-state index contributed by atoms with van der Waals surface area (Å²) < 4.78 is 0. The summed E-state index contributed by atoms with van der Waals surface area (Å²) >= 11 is 1.57. The summed E-state index contributed by atoms with van der Waals surface area (Å²) in [7, 11) is 0. The Morgan fingerprint density at radius 3 is 2.63 bits per heavy atom. The molecule has 1 saturated heterocycles. The molecule has 2 fully saturated rings. The van der Waals surface area contributed by atoms with E-state index in [4.69, 9.17) is 0 Å². The molecule has 0 spiro atoms. The van der Waals surface area contributed by atoms with E-state index in [9.17, 15) is 14.4 Å². The molecule has 27 heavy (non-hydrogen) atoms. The predicted molar refractivity (Wildman–Crippen MR) is 105 cm³/mol. The second-order valence-corrected chi connectivity index (χ2v) is 8.78. The molecule has 1 aromatic rings. The highest BCUT2D eigenvalue weighted by molar-refractivity contribution is 7.09. The number of carbonyl (C=O) groups is 3. The minimum Gasteiger partial charge on any atom is -0.351 e. The van der Waals surface area contributed by atoms with E-state index >= 15 is 0 Å². The topological polar surface area (TPSA) is 78.5 Å². The van der Waals surface area contributed by atoms with E-state index in [2.05, 4.69) is 10.6 Å². The molecule has 6 nitrogen and oxygen atoms in total. The van der Waals surface area contributed by atoms with Gasteiger partial charge in [-0.3, -0.25) is 14.4 Å². The summed E-state index contributed by atoms with van der Waals surface area (Å²) in [5, 5.41) is 7.90. The number of hydrogen-bond donors (Lipinski definition) is 2. The van der Waals surface area contributed by atoms with Crippen molar-refractivity contribution in [3.8, 4) is 0 Å². The summed E-state index contributed by atoms with van der Waals surface area (Å²) in [4.78, 5) is 40.8. The van der Waals surface area contributed by atoms with E-state index < -0.39 is 11.6 Å². The largest absolute Gasteiger partial charge is 0.351 e. The second kappa shape index (κ2) is 8.42. The zero-order valence-electron chi connectivity index (χ0n) is 16.1. The van der Waals surface area contributed by atoms with Crippen molar-refractivity contribution in [3.63, 3.8) is 0 Å². The van der Waals surface area contributed by atoms with Gasteiger partial charge in [-0.05, 0) is 44.1 Å². The molecule has 3 rings (SSSR count). The smallest absolute Gasteiger partial charge is 0.246 e. The first-order valence-electron chi connectivity index (χ1n) is 9.88. The maximum Gasteiger partial charge on any atom is 0.246 e. The lowest BCUT2D eigenvalue weighted by molar-refractivity contribution is -0.150. The van der Waals surface area contributed by atoms with Gasteiger partial charge in [0.1, 0.15) is 11.6 Å². The molecule has 2 N–H and O–H groups in total. The van der Waals surface area contributed by atoms with Crippen LogP contribution in [0.2, 0.25) is 0 Å². The maximum absolute atomic E-state index is 13.3. The zero-order chi connectivity index (χ0) is 19.4. The van der Waals surface area contributed by atoms with Gasteiger partial charge < -0.3 is 15.5 Å². The van der Waals surface area contributed by atoms with Crippen LogP contribution in [0.3, 0.4) is 0 Å². The van der Waals surface area contributed by atoms with Crippen molar-refractivity contribution in [1.82, 2.24) is 15.5 Å². The van der Waals surface area contributed by atoms with Gasteiger partial charge in [-0.25, -0.2) is 0 Å². The van der Waals surface area contributed by atoms with Gasteiger partial charge in [0.05, 0.1) is 6.54 Å². The van der Waals surface area contributed by atoms with E-state index in [1.807, 2.05) is 31.4 Å². The Morgan fingerprint density at radius 1 is 1.33 bits per heavy atom. The Balaban J connectivity index is 1.84. The Labute approximate surface area is 164 Å². The number of hydrogen-bond acceptors (Lipinski definition) is 4. The molecular weight excluding hydrogens is 362 g/mol. The fraction of sp³-hybridized carbons (Fsp3) is 0.650. The number of rotatable bonds is 7. The molecule has 7 heteroatoms. The van der Waals surface area contributed by atoms with E-state index in [1.54, 1.807) is 16.2 Å². The summed E-state index contributed by atoms with van der Waals surface area (Å²) in [5.74, 6) is -0.357. The minimum atomic E-state index is -0.947. The Kier molecular flexibility index (Phi) is 6.19. The van der Waals surface area contributed by atoms with E-state index in [1.165, 1.54) is 0 Å². The normalized spacial score (nSPS) is 22.3. The third-order valence-corrected chi connectivity index (χ3v) is 6.78. The van der Waals surface area contributed by atoms with Crippen molar-refractivity contribution in [2.45, 2.75) is 83.0 Å². The van der Waals surface area contributed by atoms with Gasteiger partial charge in [0.15, 0.2) is 0 Å². The van der Waals surface area contributed by atoms with Crippen LogP contribution in [0.15, 0.2) is 17.5 Å². The quantitative estimate of drug-likeness (QED) is 0.750. The molecule has 1 saturated carbocycles. The van der Waals surface area contributed by atoms with Crippen LogP contribution in [0.25, 0.3) is 0 Å². The first-order valence-corrected chi connectivity index (χ1v) is 10.8. The molecule has 1 aliphatic heterocycles. The lowest BCUT2D eigenvalue weighted by Crippen LogP contribution is -2.62. The van der Waals surface area contributed by atoms with Crippen LogP contribution in [-0.4, -0.2) is 40.2 Å². The SMILES string of the molecule is CC[C@](C)(C(=O)NC1CCCC1)N(Cc1cccs1)C(=O)[C@H]1CCC(=O)N1. The Morgan fingerprint density at radius 2 is 2.07 bits per heavy atom. The second-order valence-electron chi connectivity index (χ2n) is 7.74. The number of carbonyl (C=O) groups excluding carboxylic acids is 3. The third kappa shape index (κ3) is 4.34. The van der Waals surface area contributed by atoms with Crippen LogP contribution in [-0.2, 0) is 20.9 Å². The zero-order valence-corrected chi connectivity index (χ0v) is 16.9. The van der Waals surface area contributed by atoms with Crippen LogP contribution >= 0.6 is 11.3 Å². The predicted octanol–water partition coefficient (Wildman–Crippen LogP) is 2.58. The fourth-order valence-electron chi connectivity index (χ4n) is 3.93.